The van der Waals surface area contributed by atoms with Crippen LogP contribution >= 0.6 is 0 Å². The number of nitrogens with zero attached hydrogens (tertiary/aromatic N) is 1. The molecule has 1 unspecified atom stereocenters. The number of carbonyl (C=O) groups is 4. The van der Waals surface area contributed by atoms with E-state index in [4.69, 9.17) is 19.0 Å². The van der Waals surface area contributed by atoms with Crippen LogP contribution in [0.15, 0.2) is 0 Å². The van der Waals surface area contributed by atoms with Gasteiger partial charge in [-0.25, -0.2) is 9.59 Å². The molecule has 0 saturated carbocycles. The minimum absolute atomic E-state index is 0.0326. The summed E-state index contributed by atoms with van der Waals surface area (Å²) < 4.78 is 16.0. The standard InChI is InChI=1S/C15H21NO8/c1-14(2,3)23-12(19)10-11(22-15(4,5)21-10)13(20)24-16-8(17)6-7-9(16)18/h10-11H,6-7H2,1-5H3/t10?,11-/m1/s1. The summed E-state index contributed by atoms with van der Waals surface area (Å²) in [6.07, 6.45) is -2.87. The molecule has 2 atom stereocenters. The van der Waals surface area contributed by atoms with Crippen LogP contribution in [-0.4, -0.2) is 52.4 Å². The molecule has 2 heterocycles. The van der Waals surface area contributed by atoms with Gasteiger partial charge in [0.2, 0.25) is 0 Å². The maximum Gasteiger partial charge on any atom is 0.365 e. The monoisotopic (exact) mass is 343 g/mol. The Hall–Kier alpha value is -2.00. The van der Waals surface area contributed by atoms with E-state index < -0.39 is 47.3 Å². The largest absolute Gasteiger partial charge is 0.458 e. The summed E-state index contributed by atoms with van der Waals surface area (Å²) in [5, 5.41) is 0.392. The molecule has 0 bridgehead atoms. The van der Waals surface area contributed by atoms with Crippen molar-refractivity contribution in [3.05, 3.63) is 0 Å². The molecule has 2 rings (SSSR count). The van der Waals surface area contributed by atoms with E-state index >= 15 is 0 Å². The van der Waals surface area contributed by atoms with Crippen LogP contribution in [0, 0.1) is 0 Å². The van der Waals surface area contributed by atoms with Crippen LogP contribution in [0.5, 0.6) is 0 Å². The number of ether oxygens (including phenoxy) is 3. The average Bonchev–Trinajstić information content (AvgIpc) is 2.90. The van der Waals surface area contributed by atoms with Crippen molar-refractivity contribution in [2.45, 2.75) is 71.1 Å². The molecule has 0 N–H and O–H groups in total. The summed E-state index contributed by atoms with van der Waals surface area (Å²) in [6.45, 7) is 8.04. The van der Waals surface area contributed by atoms with Crippen molar-refractivity contribution in [3.63, 3.8) is 0 Å². The van der Waals surface area contributed by atoms with E-state index in [2.05, 4.69) is 0 Å². The van der Waals surface area contributed by atoms with Crippen molar-refractivity contribution in [1.82, 2.24) is 5.06 Å². The fraction of sp³-hybridized carbons (Fsp3) is 0.733. The zero-order chi connectivity index (χ0) is 18.3. The molecule has 2 aliphatic heterocycles. The highest BCUT2D eigenvalue weighted by Gasteiger charge is 2.52. The Morgan fingerprint density at radius 2 is 1.50 bits per heavy atom. The van der Waals surface area contributed by atoms with Crippen LogP contribution in [0.25, 0.3) is 0 Å². The van der Waals surface area contributed by atoms with E-state index in [1.807, 2.05) is 0 Å². The summed E-state index contributed by atoms with van der Waals surface area (Å²) >= 11 is 0. The van der Waals surface area contributed by atoms with Gasteiger partial charge in [-0.05, 0) is 34.6 Å². The van der Waals surface area contributed by atoms with Crippen molar-refractivity contribution in [3.8, 4) is 0 Å². The Morgan fingerprint density at radius 3 is 1.96 bits per heavy atom. The molecule has 9 heteroatoms. The van der Waals surface area contributed by atoms with Gasteiger partial charge in [-0.1, -0.05) is 0 Å². The van der Waals surface area contributed by atoms with Crippen LogP contribution in [0.2, 0.25) is 0 Å². The zero-order valence-corrected chi connectivity index (χ0v) is 14.3. The molecule has 9 nitrogen and oxygen atoms in total. The number of carbonyl (C=O) groups excluding carboxylic acids is 4. The summed E-state index contributed by atoms with van der Waals surface area (Å²) in [5.74, 6) is -4.35. The molecule has 134 valence electrons. The van der Waals surface area contributed by atoms with Crippen LogP contribution in [-0.2, 0) is 38.2 Å². The number of esters is 1. The van der Waals surface area contributed by atoms with E-state index in [1.165, 1.54) is 13.8 Å². The Bertz CT molecular complexity index is 561. The number of hydrogen-bond donors (Lipinski definition) is 0. The second-order valence-corrected chi connectivity index (χ2v) is 7.00. The summed E-state index contributed by atoms with van der Waals surface area (Å²) in [6, 6.07) is 0. The van der Waals surface area contributed by atoms with Crippen LogP contribution < -0.4 is 0 Å². The fourth-order valence-electron chi connectivity index (χ4n) is 2.27. The minimum Gasteiger partial charge on any atom is -0.458 e. The lowest BCUT2D eigenvalue weighted by atomic mass is 10.1. The number of amides is 2. The summed E-state index contributed by atoms with van der Waals surface area (Å²) in [4.78, 5) is 52.4. The lowest BCUT2D eigenvalue weighted by molar-refractivity contribution is -0.208. The highest BCUT2D eigenvalue weighted by atomic mass is 16.8. The first-order valence-corrected chi connectivity index (χ1v) is 7.56. The SMILES string of the molecule is CC(C)(C)OC(=O)C1OC(C)(C)O[C@H]1C(=O)ON1C(=O)CCC1=O. The topological polar surface area (TPSA) is 108 Å². The maximum absolute atomic E-state index is 12.3. The van der Waals surface area contributed by atoms with E-state index in [0.717, 1.165) is 0 Å². The van der Waals surface area contributed by atoms with Crippen molar-refractivity contribution < 1.29 is 38.2 Å². The third-order valence-electron chi connectivity index (χ3n) is 3.15. The predicted octanol–water partition coefficient (Wildman–Crippen LogP) is 0.455. The maximum atomic E-state index is 12.3. The van der Waals surface area contributed by atoms with Gasteiger partial charge in [-0.2, -0.15) is 0 Å². The lowest BCUT2D eigenvalue weighted by Crippen LogP contribution is -2.44. The van der Waals surface area contributed by atoms with Gasteiger partial charge >= 0.3 is 11.9 Å². The van der Waals surface area contributed by atoms with E-state index in [-0.39, 0.29) is 12.8 Å². The predicted molar refractivity (Wildman–Crippen MR) is 76.8 cm³/mol. The van der Waals surface area contributed by atoms with Gasteiger partial charge in [0.1, 0.15) is 5.60 Å². The van der Waals surface area contributed by atoms with Crippen LogP contribution in [0.1, 0.15) is 47.5 Å². The zero-order valence-electron chi connectivity index (χ0n) is 14.3. The van der Waals surface area contributed by atoms with Crippen LogP contribution in [0.4, 0.5) is 0 Å². The molecule has 2 amide bonds. The Labute approximate surface area is 139 Å². The van der Waals surface area contributed by atoms with Crippen molar-refractivity contribution in [2.75, 3.05) is 0 Å². The Morgan fingerprint density at radius 1 is 1.04 bits per heavy atom. The first-order valence-electron chi connectivity index (χ1n) is 7.56. The molecular weight excluding hydrogens is 322 g/mol. The molecule has 24 heavy (non-hydrogen) atoms. The van der Waals surface area contributed by atoms with Crippen LogP contribution in [0.3, 0.4) is 0 Å². The van der Waals surface area contributed by atoms with Crippen molar-refractivity contribution in [2.24, 2.45) is 0 Å². The first kappa shape index (κ1) is 18.3. The second kappa shape index (κ2) is 6.14. The molecule has 0 spiro atoms. The minimum atomic E-state index is -1.45. The molecule has 0 radical (unpaired) electrons. The van der Waals surface area contributed by atoms with Gasteiger partial charge in [0.25, 0.3) is 11.8 Å². The molecule has 0 aliphatic carbocycles. The van der Waals surface area contributed by atoms with Gasteiger partial charge in [0, 0.05) is 12.8 Å². The van der Waals surface area contributed by atoms with Gasteiger partial charge in [-0.3, -0.25) is 9.59 Å². The Balaban J connectivity index is 2.13. The fourth-order valence-corrected chi connectivity index (χ4v) is 2.27. The lowest BCUT2D eigenvalue weighted by Gasteiger charge is -2.23. The molecular formula is C15H21NO8. The summed E-state index contributed by atoms with van der Waals surface area (Å²) in [5.41, 5.74) is -0.789. The van der Waals surface area contributed by atoms with E-state index in [9.17, 15) is 19.2 Å². The first-order chi connectivity index (χ1) is 10.9. The summed E-state index contributed by atoms with van der Waals surface area (Å²) in [7, 11) is 0. The Kier molecular flexibility index (Phi) is 4.69. The normalized spacial score (nSPS) is 26.6. The highest BCUT2D eigenvalue weighted by molar-refractivity contribution is 6.02. The molecule has 0 aromatic heterocycles. The van der Waals surface area contributed by atoms with Gasteiger partial charge in [0.15, 0.2) is 18.0 Å². The van der Waals surface area contributed by atoms with Crippen molar-refractivity contribution >= 4 is 23.8 Å². The molecule has 2 saturated heterocycles. The van der Waals surface area contributed by atoms with E-state index in [1.54, 1.807) is 20.8 Å². The molecule has 2 fully saturated rings. The second-order valence-electron chi connectivity index (χ2n) is 7.00. The van der Waals surface area contributed by atoms with Gasteiger partial charge in [0.05, 0.1) is 0 Å². The number of hydroxylamine groups is 2. The number of rotatable bonds is 3. The number of hydrogen-bond acceptors (Lipinski definition) is 8. The third kappa shape index (κ3) is 4.09. The molecule has 0 aromatic carbocycles. The molecule has 0 aromatic rings. The van der Waals surface area contributed by atoms with Crippen molar-refractivity contribution in [1.29, 1.82) is 0 Å². The van der Waals surface area contributed by atoms with Gasteiger partial charge in [-0.15, -0.1) is 5.06 Å². The van der Waals surface area contributed by atoms with Gasteiger partial charge < -0.3 is 19.0 Å². The molecule has 2 aliphatic rings. The smallest absolute Gasteiger partial charge is 0.365 e. The highest BCUT2D eigenvalue weighted by Crippen LogP contribution is 2.31. The number of imide groups is 1. The third-order valence-corrected chi connectivity index (χ3v) is 3.15. The average molecular weight is 343 g/mol. The van der Waals surface area contributed by atoms with E-state index in [0.29, 0.717) is 5.06 Å². The quantitative estimate of drug-likeness (QED) is 0.537.